The summed E-state index contributed by atoms with van der Waals surface area (Å²) >= 11 is 0. The van der Waals surface area contributed by atoms with E-state index in [4.69, 9.17) is 5.11 Å². The van der Waals surface area contributed by atoms with Crippen LogP contribution in [0.25, 0.3) is 0 Å². The van der Waals surface area contributed by atoms with Gasteiger partial charge >= 0.3 is 5.97 Å². The molecule has 0 saturated carbocycles. The van der Waals surface area contributed by atoms with E-state index in [0.717, 1.165) is 6.42 Å². The Balaban J connectivity index is 2.99. The lowest BCUT2D eigenvalue weighted by atomic mass is 10.1. The Morgan fingerprint density at radius 1 is 1.44 bits per heavy atom. The fourth-order valence-electron chi connectivity index (χ4n) is 1.61. The Kier molecular flexibility index (Phi) is 4.51. The number of hydrogen-bond donors (Lipinski definition) is 1. The highest BCUT2D eigenvalue weighted by Gasteiger charge is 2.25. The number of nitrogens with zero attached hydrogens (tertiary/aromatic N) is 1. The van der Waals surface area contributed by atoms with Crippen LogP contribution < -0.4 is 0 Å². The van der Waals surface area contributed by atoms with Gasteiger partial charge in [0.05, 0.1) is 0 Å². The normalized spacial score (nSPS) is 11.8. The lowest BCUT2D eigenvalue weighted by Gasteiger charge is -2.24. The van der Waals surface area contributed by atoms with E-state index in [1.54, 1.807) is 24.3 Å². The number of carbonyl (C=O) groups is 2. The molecular weight excluding hydrogens is 206 g/mol. The first-order valence-electron chi connectivity index (χ1n) is 5.19. The van der Waals surface area contributed by atoms with Gasteiger partial charge < -0.3 is 10.0 Å². The van der Waals surface area contributed by atoms with Gasteiger partial charge in [0.25, 0.3) is 0 Å². The summed E-state index contributed by atoms with van der Waals surface area (Å²) in [4.78, 5) is 23.4. The van der Waals surface area contributed by atoms with Gasteiger partial charge in [-0.05, 0) is 12.0 Å². The maximum Gasteiger partial charge on any atom is 0.331 e. The minimum atomic E-state index is -1.01. The van der Waals surface area contributed by atoms with Gasteiger partial charge in [0.15, 0.2) is 6.04 Å². The number of carbonyl (C=O) groups excluding carboxylic acids is 1. The van der Waals surface area contributed by atoms with Crippen LogP contribution in [-0.4, -0.2) is 28.9 Å². The summed E-state index contributed by atoms with van der Waals surface area (Å²) in [5.41, 5.74) is 0.621. The first-order valence-corrected chi connectivity index (χ1v) is 5.19. The van der Waals surface area contributed by atoms with Crippen molar-refractivity contribution in [3.8, 4) is 0 Å². The molecule has 16 heavy (non-hydrogen) atoms. The third kappa shape index (κ3) is 2.82. The third-order valence-electron chi connectivity index (χ3n) is 2.30. The van der Waals surface area contributed by atoms with E-state index >= 15 is 0 Å². The number of carboxylic acid groups (broad SMARTS) is 1. The zero-order valence-electron chi connectivity index (χ0n) is 9.17. The number of rotatable bonds is 6. The van der Waals surface area contributed by atoms with Crippen LogP contribution in [0.2, 0.25) is 0 Å². The summed E-state index contributed by atoms with van der Waals surface area (Å²) in [6.07, 6.45) is 1.32. The summed E-state index contributed by atoms with van der Waals surface area (Å²) < 4.78 is 0. The van der Waals surface area contributed by atoms with Crippen molar-refractivity contribution in [1.29, 1.82) is 0 Å². The SMILES string of the molecule is CCCN(C=O)C(C(=O)O)c1ccccc1. The van der Waals surface area contributed by atoms with Gasteiger partial charge in [0, 0.05) is 6.54 Å². The van der Waals surface area contributed by atoms with Gasteiger partial charge in [0.2, 0.25) is 6.41 Å². The maximum absolute atomic E-state index is 11.2. The average Bonchev–Trinajstić information content (AvgIpc) is 2.29. The second-order valence-electron chi connectivity index (χ2n) is 3.49. The lowest BCUT2D eigenvalue weighted by molar-refractivity contribution is -0.146. The van der Waals surface area contributed by atoms with Gasteiger partial charge in [0.1, 0.15) is 0 Å². The standard InChI is InChI=1S/C12H15NO3/c1-2-8-13(9-14)11(12(15)16)10-6-4-3-5-7-10/h3-7,9,11H,2,8H2,1H3,(H,15,16). The molecular formula is C12H15NO3. The first kappa shape index (κ1) is 12.2. The minimum Gasteiger partial charge on any atom is -0.479 e. The number of carboxylic acids is 1. The van der Waals surface area contributed by atoms with Gasteiger partial charge in [-0.1, -0.05) is 37.3 Å². The van der Waals surface area contributed by atoms with E-state index in [1.165, 1.54) is 4.90 Å². The maximum atomic E-state index is 11.2. The molecule has 1 unspecified atom stereocenters. The van der Waals surface area contributed by atoms with Gasteiger partial charge in [-0.2, -0.15) is 0 Å². The zero-order chi connectivity index (χ0) is 12.0. The topological polar surface area (TPSA) is 57.6 Å². The van der Waals surface area contributed by atoms with E-state index in [1.807, 2.05) is 13.0 Å². The second-order valence-corrected chi connectivity index (χ2v) is 3.49. The van der Waals surface area contributed by atoms with Crippen molar-refractivity contribution in [2.45, 2.75) is 19.4 Å². The zero-order valence-corrected chi connectivity index (χ0v) is 9.17. The minimum absolute atomic E-state index is 0.440. The lowest BCUT2D eigenvalue weighted by Crippen LogP contribution is -2.33. The molecule has 0 radical (unpaired) electrons. The van der Waals surface area contributed by atoms with Crippen molar-refractivity contribution in [2.75, 3.05) is 6.54 Å². The van der Waals surface area contributed by atoms with Crippen LogP contribution in [0.15, 0.2) is 30.3 Å². The fraction of sp³-hybridized carbons (Fsp3) is 0.333. The molecule has 0 aliphatic heterocycles. The molecule has 1 rings (SSSR count). The van der Waals surface area contributed by atoms with E-state index in [2.05, 4.69) is 0 Å². The number of benzene rings is 1. The molecule has 0 aromatic heterocycles. The van der Waals surface area contributed by atoms with E-state index in [-0.39, 0.29) is 0 Å². The highest BCUT2D eigenvalue weighted by atomic mass is 16.4. The monoisotopic (exact) mass is 221 g/mol. The quantitative estimate of drug-likeness (QED) is 0.743. The molecule has 0 fully saturated rings. The van der Waals surface area contributed by atoms with E-state index < -0.39 is 12.0 Å². The van der Waals surface area contributed by atoms with Crippen molar-refractivity contribution in [2.24, 2.45) is 0 Å². The van der Waals surface area contributed by atoms with E-state index in [9.17, 15) is 9.59 Å². The summed E-state index contributed by atoms with van der Waals surface area (Å²) in [5.74, 6) is -1.01. The molecule has 86 valence electrons. The predicted octanol–water partition coefficient (Wildman–Crippen LogP) is 1.68. The number of aliphatic carboxylic acids is 1. The summed E-state index contributed by atoms with van der Waals surface area (Å²) in [7, 11) is 0. The molecule has 0 aliphatic carbocycles. The molecule has 1 amide bonds. The molecule has 0 saturated heterocycles. The average molecular weight is 221 g/mol. The Morgan fingerprint density at radius 3 is 2.50 bits per heavy atom. The van der Waals surface area contributed by atoms with Crippen molar-refractivity contribution in [1.82, 2.24) is 4.90 Å². The molecule has 4 nitrogen and oxygen atoms in total. The second kappa shape index (κ2) is 5.90. The van der Waals surface area contributed by atoms with Crippen molar-refractivity contribution < 1.29 is 14.7 Å². The largest absolute Gasteiger partial charge is 0.479 e. The first-order chi connectivity index (χ1) is 7.70. The smallest absolute Gasteiger partial charge is 0.331 e. The van der Waals surface area contributed by atoms with Crippen molar-refractivity contribution in [3.05, 3.63) is 35.9 Å². The molecule has 1 aromatic rings. The van der Waals surface area contributed by atoms with Crippen LogP contribution in [0.5, 0.6) is 0 Å². The molecule has 0 aliphatic rings. The fourth-order valence-corrected chi connectivity index (χ4v) is 1.61. The number of amides is 1. The Morgan fingerprint density at radius 2 is 2.06 bits per heavy atom. The highest BCUT2D eigenvalue weighted by Crippen LogP contribution is 2.19. The summed E-state index contributed by atoms with van der Waals surface area (Å²) in [6, 6.07) is 7.88. The Bertz CT molecular complexity index is 351. The molecule has 1 atom stereocenters. The molecule has 0 bridgehead atoms. The Hall–Kier alpha value is -1.84. The molecule has 1 N–H and O–H groups in total. The van der Waals surface area contributed by atoms with Crippen LogP contribution in [-0.2, 0) is 9.59 Å². The Labute approximate surface area is 94.5 Å². The summed E-state index contributed by atoms with van der Waals surface area (Å²) in [5, 5.41) is 9.15. The highest BCUT2D eigenvalue weighted by molar-refractivity contribution is 5.78. The van der Waals surface area contributed by atoms with Crippen LogP contribution in [0.3, 0.4) is 0 Å². The molecule has 0 heterocycles. The van der Waals surface area contributed by atoms with Crippen molar-refractivity contribution in [3.63, 3.8) is 0 Å². The van der Waals surface area contributed by atoms with Crippen LogP contribution >= 0.6 is 0 Å². The van der Waals surface area contributed by atoms with Crippen LogP contribution in [0.4, 0.5) is 0 Å². The van der Waals surface area contributed by atoms with Crippen molar-refractivity contribution >= 4 is 12.4 Å². The molecule has 0 spiro atoms. The van der Waals surface area contributed by atoms with Crippen LogP contribution in [0, 0.1) is 0 Å². The predicted molar refractivity (Wildman–Crippen MR) is 59.9 cm³/mol. The van der Waals surface area contributed by atoms with E-state index in [0.29, 0.717) is 18.5 Å². The summed E-state index contributed by atoms with van der Waals surface area (Å²) in [6.45, 7) is 2.34. The van der Waals surface area contributed by atoms with Gasteiger partial charge in [-0.25, -0.2) is 4.79 Å². The number of hydrogen-bond acceptors (Lipinski definition) is 2. The van der Waals surface area contributed by atoms with Gasteiger partial charge in [-0.15, -0.1) is 0 Å². The molecule has 4 heteroatoms. The third-order valence-corrected chi connectivity index (χ3v) is 2.30. The van der Waals surface area contributed by atoms with Gasteiger partial charge in [-0.3, -0.25) is 4.79 Å². The van der Waals surface area contributed by atoms with Crippen LogP contribution in [0.1, 0.15) is 24.9 Å². The molecule has 1 aromatic carbocycles.